The topological polar surface area (TPSA) is 32.8 Å². The maximum Gasteiger partial charge on any atom is 0.343 e. The lowest BCUT2D eigenvalue weighted by Crippen LogP contribution is -2.41. The smallest absolute Gasteiger partial charge is 0.323 e. The number of carbonyl (C=O) groups excluding carboxylic acids is 1. The summed E-state index contributed by atoms with van der Waals surface area (Å²) in [4.78, 5) is 19.8. The molecule has 1 saturated heterocycles. The summed E-state index contributed by atoms with van der Waals surface area (Å²) in [5.41, 5.74) is 2.48. The second kappa shape index (κ2) is 4.98. The standard InChI is InChI=1S/C14H18N2O2/c17-14(15-8-3-4-9-15)16-10-7-12-5-1-2-6-13(12)11-18-16/h1-2,5-6H,3-4,7-11H2. The number of hydrogen-bond acceptors (Lipinski definition) is 2. The maximum absolute atomic E-state index is 12.2. The Balaban J connectivity index is 1.69. The highest BCUT2D eigenvalue weighted by atomic mass is 16.7. The Morgan fingerprint density at radius 3 is 2.56 bits per heavy atom. The van der Waals surface area contributed by atoms with Gasteiger partial charge in [0.2, 0.25) is 0 Å². The number of carbonyl (C=O) groups is 1. The number of fused-ring (bicyclic) bond motifs is 1. The first-order valence-corrected chi connectivity index (χ1v) is 6.61. The minimum atomic E-state index is 0.0281. The zero-order valence-electron chi connectivity index (χ0n) is 10.5. The van der Waals surface area contributed by atoms with Crippen molar-refractivity contribution in [1.29, 1.82) is 0 Å². The predicted octanol–water partition coefficient (Wildman–Crippen LogP) is 2.19. The van der Waals surface area contributed by atoms with Crippen molar-refractivity contribution in [3.63, 3.8) is 0 Å². The van der Waals surface area contributed by atoms with Gasteiger partial charge in [0, 0.05) is 13.1 Å². The summed E-state index contributed by atoms with van der Waals surface area (Å²) >= 11 is 0. The summed E-state index contributed by atoms with van der Waals surface area (Å²) in [6, 6.07) is 8.26. The molecule has 0 aliphatic carbocycles. The van der Waals surface area contributed by atoms with Gasteiger partial charge in [0.25, 0.3) is 0 Å². The molecule has 2 aliphatic rings. The van der Waals surface area contributed by atoms with Gasteiger partial charge in [-0.2, -0.15) is 0 Å². The van der Waals surface area contributed by atoms with Gasteiger partial charge in [-0.3, -0.25) is 4.84 Å². The molecule has 18 heavy (non-hydrogen) atoms. The highest BCUT2D eigenvalue weighted by Gasteiger charge is 2.26. The van der Waals surface area contributed by atoms with E-state index in [1.165, 1.54) is 16.2 Å². The van der Waals surface area contributed by atoms with Crippen LogP contribution in [0.15, 0.2) is 24.3 Å². The Hall–Kier alpha value is -1.55. The van der Waals surface area contributed by atoms with Gasteiger partial charge in [0.05, 0.1) is 6.54 Å². The Labute approximate surface area is 107 Å². The van der Waals surface area contributed by atoms with Crippen molar-refractivity contribution in [3.8, 4) is 0 Å². The van der Waals surface area contributed by atoms with E-state index < -0.39 is 0 Å². The summed E-state index contributed by atoms with van der Waals surface area (Å²) < 4.78 is 0. The number of likely N-dealkylation sites (tertiary alicyclic amines) is 1. The van der Waals surface area contributed by atoms with Crippen LogP contribution in [-0.2, 0) is 17.9 Å². The average Bonchev–Trinajstić information content (AvgIpc) is 2.85. The molecule has 2 aliphatic heterocycles. The number of hydrogen-bond donors (Lipinski definition) is 0. The number of amides is 2. The highest BCUT2D eigenvalue weighted by Crippen LogP contribution is 2.18. The molecule has 96 valence electrons. The molecule has 0 spiro atoms. The van der Waals surface area contributed by atoms with E-state index in [9.17, 15) is 4.79 Å². The Morgan fingerprint density at radius 1 is 1.06 bits per heavy atom. The number of benzene rings is 1. The van der Waals surface area contributed by atoms with Crippen LogP contribution in [0, 0.1) is 0 Å². The van der Waals surface area contributed by atoms with Crippen LogP contribution in [0.5, 0.6) is 0 Å². The number of urea groups is 1. The van der Waals surface area contributed by atoms with E-state index in [-0.39, 0.29) is 6.03 Å². The maximum atomic E-state index is 12.2. The quantitative estimate of drug-likeness (QED) is 0.703. The molecule has 1 aromatic rings. The van der Waals surface area contributed by atoms with Gasteiger partial charge in [-0.15, -0.1) is 0 Å². The van der Waals surface area contributed by atoms with Crippen molar-refractivity contribution in [2.75, 3.05) is 19.6 Å². The van der Waals surface area contributed by atoms with Crippen molar-refractivity contribution in [2.45, 2.75) is 25.9 Å². The molecule has 1 fully saturated rings. The zero-order chi connectivity index (χ0) is 12.4. The third-order valence-corrected chi connectivity index (χ3v) is 3.67. The van der Waals surface area contributed by atoms with Crippen LogP contribution in [0.4, 0.5) is 4.79 Å². The molecule has 0 radical (unpaired) electrons. The molecule has 2 amide bonds. The van der Waals surface area contributed by atoms with E-state index in [4.69, 9.17) is 4.84 Å². The SMILES string of the molecule is O=C(N1CCCC1)N1CCc2ccccc2CO1. The first kappa shape index (κ1) is 11.5. The van der Waals surface area contributed by atoms with Crippen LogP contribution >= 0.6 is 0 Å². The molecule has 3 rings (SSSR count). The van der Waals surface area contributed by atoms with Gasteiger partial charge in [-0.25, -0.2) is 9.86 Å². The molecule has 0 atom stereocenters. The average molecular weight is 246 g/mol. The van der Waals surface area contributed by atoms with Crippen LogP contribution in [0.2, 0.25) is 0 Å². The number of nitrogens with zero attached hydrogens (tertiary/aromatic N) is 2. The normalized spacial score (nSPS) is 19.6. The third-order valence-electron chi connectivity index (χ3n) is 3.67. The first-order chi connectivity index (χ1) is 8.84. The molecule has 4 heteroatoms. The fourth-order valence-corrected chi connectivity index (χ4v) is 2.59. The predicted molar refractivity (Wildman–Crippen MR) is 67.8 cm³/mol. The molecule has 0 unspecified atom stereocenters. The van der Waals surface area contributed by atoms with Gasteiger partial charge >= 0.3 is 6.03 Å². The van der Waals surface area contributed by atoms with Crippen LogP contribution < -0.4 is 0 Å². The lowest BCUT2D eigenvalue weighted by molar-refractivity contribution is -0.130. The molecule has 4 nitrogen and oxygen atoms in total. The van der Waals surface area contributed by atoms with E-state index in [0.717, 1.165) is 32.4 Å². The van der Waals surface area contributed by atoms with Crippen LogP contribution in [0.25, 0.3) is 0 Å². The first-order valence-electron chi connectivity index (χ1n) is 6.61. The second-order valence-electron chi connectivity index (χ2n) is 4.87. The molecule has 0 saturated carbocycles. The molecular formula is C14H18N2O2. The van der Waals surface area contributed by atoms with E-state index in [2.05, 4.69) is 12.1 Å². The summed E-state index contributed by atoms with van der Waals surface area (Å²) in [5, 5.41) is 1.53. The molecule has 0 N–H and O–H groups in total. The summed E-state index contributed by atoms with van der Waals surface area (Å²) in [6.45, 7) is 2.87. The van der Waals surface area contributed by atoms with Crippen molar-refractivity contribution in [2.24, 2.45) is 0 Å². The van der Waals surface area contributed by atoms with Gasteiger partial charge in [0.1, 0.15) is 6.61 Å². The Kier molecular flexibility index (Phi) is 3.19. The van der Waals surface area contributed by atoms with Crippen molar-refractivity contribution in [3.05, 3.63) is 35.4 Å². The Bertz CT molecular complexity index is 414. The molecule has 1 aromatic carbocycles. The monoisotopic (exact) mass is 246 g/mol. The van der Waals surface area contributed by atoms with Gasteiger partial charge in [-0.1, -0.05) is 24.3 Å². The van der Waals surface area contributed by atoms with Crippen molar-refractivity contribution in [1.82, 2.24) is 9.96 Å². The molecule has 0 bridgehead atoms. The highest BCUT2D eigenvalue weighted by molar-refractivity contribution is 5.73. The lowest BCUT2D eigenvalue weighted by Gasteiger charge is -2.25. The Morgan fingerprint density at radius 2 is 1.78 bits per heavy atom. The molecule has 0 aromatic heterocycles. The van der Waals surface area contributed by atoms with Crippen molar-refractivity contribution >= 4 is 6.03 Å². The third kappa shape index (κ3) is 2.20. The van der Waals surface area contributed by atoms with Crippen molar-refractivity contribution < 1.29 is 9.63 Å². The fourth-order valence-electron chi connectivity index (χ4n) is 2.59. The number of hydroxylamine groups is 2. The second-order valence-corrected chi connectivity index (χ2v) is 4.87. The summed E-state index contributed by atoms with van der Waals surface area (Å²) in [5.74, 6) is 0. The van der Waals surface area contributed by atoms with E-state index >= 15 is 0 Å². The van der Waals surface area contributed by atoms with Gasteiger partial charge in [0.15, 0.2) is 0 Å². The van der Waals surface area contributed by atoms with E-state index in [1.807, 2.05) is 17.0 Å². The van der Waals surface area contributed by atoms with Crippen LogP contribution in [-0.4, -0.2) is 35.6 Å². The fraction of sp³-hybridized carbons (Fsp3) is 0.500. The zero-order valence-corrected chi connectivity index (χ0v) is 10.5. The lowest BCUT2D eigenvalue weighted by atomic mass is 10.1. The molecular weight excluding hydrogens is 228 g/mol. The minimum Gasteiger partial charge on any atom is -0.323 e. The van der Waals surface area contributed by atoms with E-state index in [0.29, 0.717) is 13.2 Å². The summed E-state index contributed by atoms with van der Waals surface area (Å²) in [6.07, 6.45) is 3.09. The number of rotatable bonds is 0. The van der Waals surface area contributed by atoms with Gasteiger partial charge in [-0.05, 0) is 30.4 Å². The van der Waals surface area contributed by atoms with Crippen LogP contribution in [0.1, 0.15) is 24.0 Å². The van der Waals surface area contributed by atoms with E-state index in [1.54, 1.807) is 0 Å². The van der Waals surface area contributed by atoms with Gasteiger partial charge < -0.3 is 4.90 Å². The summed E-state index contributed by atoms with van der Waals surface area (Å²) in [7, 11) is 0. The minimum absolute atomic E-state index is 0.0281. The molecule has 2 heterocycles. The largest absolute Gasteiger partial charge is 0.343 e. The van der Waals surface area contributed by atoms with Crippen LogP contribution in [0.3, 0.4) is 0 Å².